The molecule has 1 aliphatic rings. The third-order valence-electron chi connectivity index (χ3n) is 3.60. The minimum absolute atomic E-state index is 0.0652. The summed E-state index contributed by atoms with van der Waals surface area (Å²) in [5, 5.41) is 0. The van der Waals surface area contributed by atoms with E-state index in [4.69, 9.17) is 4.74 Å². The van der Waals surface area contributed by atoms with Crippen LogP contribution in [0.1, 0.15) is 26.2 Å². The van der Waals surface area contributed by atoms with Gasteiger partial charge in [0, 0.05) is 33.3 Å². The van der Waals surface area contributed by atoms with Gasteiger partial charge in [-0.25, -0.2) is 0 Å². The lowest BCUT2D eigenvalue weighted by atomic mass is 10.2. The number of likely N-dealkylation sites (N-methyl/N-ethyl adjacent to an activating group) is 1. The molecule has 1 atom stereocenters. The molecule has 20 heavy (non-hydrogen) atoms. The number of amides is 1. The second-order valence-corrected chi connectivity index (χ2v) is 5.10. The van der Waals surface area contributed by atoms with Crippen LogP contribution in [0.3, 0.4) is 0 Å². The summed E-state index contributed by atoms with van der Waals surface area (Å²) >= 11 is 0. The molecule has 0 N–H and O–H groups in total. The molecule has 0 radical (unpaired) electrons. The first-order valence-corrected chi connectivity index (χ1v) is 7.21. The van der Waals surface area contributed by atoms with Gasteiger partial charge in [-0.2, -0.15) is 0 Å². The minimum atomic E-state index is -0.251. The number of hydrogen-bond acceptors (Lipinski definition) is 5. The number of esters is 1. The Morgan fingerprint density at radius 2 is 2.15 bits per heavy atom. The highest BCUT2D eigenvalue weighted by Gasteiger charge is 2.22. The molecular formula is C14H26N2O4. The predicted molar refractivity (Wildman–Crippen MR) is 75.4 cm³/mol. The van der Waals surface area contributed by atoms with Crippen molar-refractivity contribution in [2.45, 2.75) is 32.3 Å². The lowest BCUT2D eigenvalue weighted by Gasteiger charge is -2.26. The van der Waals surface area contributed by atoms with Crippen molar-refractivity contribution >= 4 is 11.9 Å². The average molecular weight is 286 g/mol. The van der Waals surface area contributed by atoms with E-state index in [1.54, 1.807) is 11.9 Å². The van der Waals surface area contributed by atoms with Gasteiger partial charge in [0.25, 0.3) is 0 Å². The van der Waals surface area contributed by atoms with E-state index in [-0.39, 0.29) is 18.0 Å². The normalized spacial score (nSPS) is 18.3. The van der Waals surface area contributed by atoms with Crippen LogP contribution in [-0.4, -0.2) is 74.7 Å². The Bertz CT molecular complexity index is 316. The number of hydrogen-bond donors (Lipinski definition) is 0. The predicted octanol–water partition coefficient (Wildman–Crippen LogP) is 0.509. The van der Waals surface area contributed by atoms with Crippen LogP contribution in [0.5, 0.6) is 0 Å². The first kappa shape index (κ1) is 16.9. The van der Waals surface area contributed by atoms with Crippen LogP contribution in [0.15, 0.2) is 0 Å². The minimum Gasteiger partial charge on any atom is -0.469 e. The van der Waals surface area contributed by atoms with Crippen LogP contribution in [0, 0.1) is 0 Å². The third kappa shape index (κ3) is 5.88. The molecular weight excluding hydrogens is 260 g/mol. The van der Waals surface area contributed by atoms with Gasteiger partial charge in [-0.3, -0.25) is 14.5 Å². The SMILES string of the molecule is CCN(C)C(=O)CN(CCC(=O)OC)CC1CCCO1. The van der Waals surface area contributed by atoms with E-state index in [1.807, 2.05) is 11.8 Å². The van der Waals surface area contributed by atoms with E-state index in [0.717, 1.165) is 19.4 Å². The summed E-state index contributed by atoms with van der Waals surface area (Å²) in [4.78, 5) is 26.9. The van der Waals surface area contributed by atoms with Crippen LogP contribution in [0.2, 0.25) is 0 Å². The summed E-state index contributed by atoms with van der Waals surface area (Å²) in [6.45, 7) is 4.95. The van der Waals surface area contributed by atoms with Crippen LogP contribution in [-0.2, 0) is 19.1 Å². The third-order valence-corrected chi connectivity index (χ3v) is 3.60. The van der Waals surface area contributed by atoms with Crippen molar-refractivity contribution in [1.82, 2.24) is 9.80 Å². The van der Waals surface area contributed by atoms with E-state index in [0.29, 0.717) is 32.6 Å². The lowest BCUT2D eigenvalue weighted by Crippen LogP contribution is -2.42. The monoisotopic (exact) mass is 286 g/mol. The van der Waals surface area contributed by atoms with Crippen molar-refractivity contribution in [3.8, 4) is 0 Å². The van der Waals surface area contributed by atoms with Gasteiger partial charge in [-0.05, 0) is 19.8 Å². The quantitative estimate of drug-likeness (QED) is 0.608. The summed E-state index contributed by atoms with van der Waals surface area (Å²) in [6, 6.07) is 0. The number of methoxy groups -OCH3 is 1. The Kier molecular flexibility index (Phi) is 7.54. The lowest BCUT2D eigenvalue weighted by molar-refractivity contribution is -0.141. The van der Waals surface area contributed by atoms with Gasteiger partial charge < -0.3 is 14.4 Å². The molecule has 0 aromatic rings. The van der Waals surface area contributed by atoms with Gasteiger partial charge >= 0.3 is 5.97 Å². The maximum Gasteiger partial charge on any atom is 0.306 e. The Morgan fingerprint density at radius 3 is 2.70 bits per heavy atom. The molecule has 116 valence electrons. The summed E-state index contributed by atoms with van der Waals surface area (Å²) < 4.78 is 10.3. The molecule has 6 heteroatoms. The number of carbonyl (C=O) groups excluding carboxylic acids is 2. The zero-order valence-electron chi connectivity index (χ0n) is 12.8. The molecule has 1 amide bonds. The molecule has 1 unspecified atom stereocenters. The zero-order chi connectivity index (χ0) is 15.0. The summed E-state index contributed by atoms with van der Waals surface area (Å²) in [7, 11) is 3.16. The molecule has 0 aliphatic carbocycles. The van der Waals surface area contributed by atoms with E-state index in [1.165, 1.54) is 7.11 Å². The van der Waals surface area contributed by atoms with Crippen LogP contribution < -0.4 is 0 Å². The second-order valence-electron chi connectivity index (χ2n) is 5.10. The van der Waals surface area contributed by atoms with E-state index < -0.39 is 0 Å². The second kappa shape index (κ2) is 8.92. The number of carbonyl (C=O) groups is 2. The number of ether oxygens (including phenoxy) is 2. The largest absolute Gasteiger partial charge is 0.469 e. The Labute approximate surface area is 121 Å². The molecule has 0 bridgehead atoms. The van der Waals surface area contributed by atoms with Gasteiger partial charge in [-0.15, -0.1) is 0 Å². The van der Waals surface area contributed by atoms with Crippen molar-refractivity contribution in [2.75, 3.05) is 46.9 Å². The van der Waals surface area contributed by atoms with Gasteiger partial charge in [0.15, 0.2) is 0 Å². The molecule has 1 rings (SSSR count). The Balaban J connectivity index is 2.48. The fourth-order valence-electron chi connectivity index (χ4n) is 2.15. The number of rotatable bonds is 8. The fraction of sp³-hybridized carbons (Fsp3) is 0.857. The summed E-state index contributed by atoms with van der Waals surface area (Å²) in [6.07, 6.45) is 2.56. The maximum absolute atomic E-state index is 12.0. The first-order chi connectivity index (χ1) is 9.56. The highest BCUT2D eigenvalue weighted by atomic mass is 16.5. The smallest absolute Gasteiger partial charge is 0.306 e. The van der Waals surface area contributed by atoms with E-state index >= 15 is 0 Å². The molecule has 1 fully saturated rings. The molecule has 1 saturated heterocycles. The fourth-order valence-corrected chi connectivity index (χ4v) is 2.15. The van der Waals surface area contributed by atoms with Crippen LogP contribution in [0.25, 0.3) is 0 Å². The Morgan fingerprint density at radius 1 is 1.40 bits per heavy atom. The van der Waals surface area contributed by atoms with E-state index in [9.17, 15) is 9.59 Å². The van der Waals surface area contributed by atoms with Crippen LogP contribution >= 0.6 is 0 Å². The van der Waals surface area contributed by atoms with Crippen molar-refractivity contribution in [2.24, 2.45) is 0 Å². The Hall–Kier alpha value is -1.14. The van der Waals surface area contributed by atoms with Gasteiger partial charge in [0.2, 0.25) is 5.91 Å². The maximum atomic E-state index is 12.0. The molecule has 6 nitrogen and oxygen atoms in total. The average Bonchev–Trinajstić information content (AvgIpc) is 2.96. The molecule has 1 aliphatic heterocycles. The highest BCUT2D eigenvalue weighted by Crippen LogP contribution is 2.13. The van der Waals surface area contributed by atoms with Gasteiger partial charge in [-0.1, -0.05) is 0 Å². The topological polar surface area (TPSA) is 59.1 Å². The van der Waals surface area contributed by atoms with Crippen molar-refractivity contribution in [3.05, 3.63) is 0 Å². The van der Waals surface area contributed by atoms with Gasteiger partial charge in [0.1, 0.15) is 0 Å². The van der Waals surface area contributed by atoms with E-state index in [2.05, 4.69) is 4.74 Å². The van der Waals surface area contributed by atoms with Crippen molar-refractivity contribution < 1.29 is 19.1 Å². The summed E-state index contributed by atoms with van der Waals surface area (Å²) in [5.74, 6) is -0.186. The number of nitrogens with zero attached hydrogens (tertiary/aromatic N) is 2. The summed E-state index contributed by atoms with van der Waals surface area (Å²) in [5.41, 5.74) is 0. The van der Waals surface area contributed by atoms with Crippen LogP contribution in [0.4, 0.5) is 0 Å². The molecule has 0 spiro atoms. The first-order valence-electron chi connectivity index (χ1n) is 7.21. The molecule has 0 saturated carbocycles. The van der Waals surface area contributed by atoms with Crippen molar-refractivity contribution in [3.63, 3.8) is 0 Å². The zero-order valence-corrected chi connectivity index (χ0v) is 12.8. The molecule has 0 aromatic carbocycles. The molecule has 1 heterocycles. The van der Waals surface area contributed by atoms with Gasteiger partial charge in [0.05, 0.1) is 26.2 Å². The highest BCUT2D eigenvalue weighted by molar-refractivity contribution is 5.78. The standard InChI is InChI=1S/C14H26N2O4/c1-4-15(2)13(17)11-16(8-7-14(18)19-3)10-12-6-5-9-20-12/h12H,4-11H2,1-3H3. The van der Waals surface area contributed by atoms with Crippen molar-refractivity contribution in [1.29, 1.82) is 0 Å². The molecule has 0 aromatic heterocycles.